The molecule has 152 valence electrons. The minimum Gasteiger partial charge on any atom is -0.466 e. The van der Waals surface area contributed by atoms with E-state index in [1.165, 1.54) is 6.42 Å². The van der Waals surface area contributed by atoms with Gasteiger partial charge in [-0.15, -0.1) is 0 Å². The highest BCUT2D eigenvalue weighted by atomic mass is 16.5. The van der Waals surface area contributed by atoms with Crippen molar-refractivity contribution in [2.45, 2.75) is 72.1 Å². The standard InChI is InChI=1S/C21H35N3O3/c1-7-22-19(23-12-21(6,25)16-11-13(2)27-14(16)3)24-17-15-9-8-10-26-18(15)20(17,4)5/h11,15,17-18,25H,7-10,12H2,1-6H3,(H2,22,23,24). The largest absolute Gasteiger partial charge is 0.466 e. The predicted molar refractivity (Wildman–Crippen MR) is 107 cm³/mol. The number of guanidine groups is 1. The van der Waals surface area contributed by atoms with Gasteiger partial charge in [-0.1, -0.05) is 13.8 Å². The fourth-order valence-corrected chi connectivity index (χ4v) is 4.77. The monoisotopic (exact) mass is 377 g/mol. The summed E-state index contributed by atoms with van der Waals surface area (Å²) in [6.45, 7) is 14.0. The van der Waals surface area contributed by atoms with Crippen molar-refractivity contribution in [1.29, 1.82) is 0 Å². The van der Waals surface area contributed by atoms with Gasteiger partial charge in [0.05, 0.1) is 12.6 Å². The van der Waals surface area contributed by atoms with E-state index in [1.807, 2.05) is 19.9 Å². The number of aliphatic hydroxyl groups is 1. The summed E-state index contributed by atoms with van der Waals surface area (Å²) in [4.78, 5) is 4.70. The Kier molecular flexibility index (Phi) is 5.59. The average molecular weight is 378 g/mol. The second-order valence-corrected chi connectivity index (χ2v) is 8.84. The number of nitrogens with one attached hydrogen (secondary N) is 2. The van der Waals surface area contributed by atoms with Crippen LogP contribution in [0.5, 0.6) is 0 Å². The Balaban J connectivity index is 1.72. The summed E-state index contributed by atoms with van der Waals surface area (Å²) >= 11 is 0. The number of aliphatic imine (C=N–C) groups is 1. The van der Waals surface area contributed by atoms with E-state index in [2.05, 4.69) is 31.4 Å². The highest BCUT2D eigenvalue weighted by Gasteiger charge is 2.58. The van der Waals surface area contributed by atoms with E-state index in [1.54, 1.807) is 6.92 Å². The number of hydrogen-bond acceptors (Lipinski definition) is 4. The van der Waals surface area contributed by atoms with Gasteiger partial charge in [0.1, 0.15) is 17.1 Å². The third-order valence-corrected chi connectivity index (χ3v) is 6.13. The maximum atomic E-state index is 10.9. The van der Waals surface area contributed by atoms with Crippen molar-refractivity contribution >= 4 is 5.96 Å². The van der Waals surface area contributed by atoms with Gasteiger partial charge in [-0.05, 0) is 46.6 Å². The van der Waals surface area contributed by atoms with Crippen molar-refractivity contribution in [1.82, 2.24) is 10.6 Å². The van der Waals surface area contributed by atoms with Crippen molar-refractivity contribution in [3.63, 3.8) is 0 Å². The summed E-state index contributed by atoms with van der Waals surface area (Å²) in [6.07, 6.45) is 2.64. The minimum absolute atomic E-state index is 0.0715. The first kappa shape index (κ1) is 20.2. The van der Waals surface area contributed by atoms with Crippen molar-refractivity contribution in [3.05, 3.63) is 23.2 Å². The fraction of sp³-hybridized carbons (Fsp3) is 0.762. The van der Waals surface area contributed by atoms with Crippen molar-refractivity contribution in [2.24, 2.45) is 16.3 Å². The molecule has 2 fully saturated rings. The first-order chi connectivity index (χ1) is 12.7. The number of furan rings is 1. The molecule has 1 saturated heterocycles. The topological polar surface area (TPSA) is 79.0 Å². The Morgan fingerprint density at radius 1 is 1.41 bits per heavy atom. The lowest BCUT2D eigenvalue weighted by molar-refractivity contribution is -0.188. The molecular formula is C21H35N3O3. The van der Waals surface area contributed by atoms with Gasteiger partial charge in [0, 0.05) is 36.1 Å². The summed E-state index contributed by atoms with van der Waals surface area (Å²) in [6, 6.07) is 2.22. The minimum atomic E-state index is -1.07. The number of aryl methyl sites for hydroxylation is 2. The van der Waals surface area contributed by atoms with Gasteiger partial charge < -0.3 is 24.9 Å². The molecule has 0 radical (unpaired) electrons. The van der Waals surface area contributed by atoms with Gasteiger partial charge in [0.25, 0.3) is 0 Å². The number of rotatable bonds is 5. The molecule has 4 atom stereocenters. The Labute approximate surface area is 162 Å². The van der Waals surface area contributed by atoms with Crippen LogP contribution in [-0.2, 0) is 10.3 Å². The summed E-state index contributed by atoms with van der Waals surface area (Å²) in [5.74, 6) is 2.82. The average Bonchev–Trinajstić information content (AvgIpc) is 2.96. The molecule has 1 aliphatic carbocycles. The van der Waals surface area contributed by atoms with E-state index < -0.39 is 5.60 Å². The maximum Gasteiger partial charge on any atom is 0.191 e. The lowest BCUT2D eigenvalue weighted by Crippen LogP contribution is -2.71. The molecule has 1 aromatic rings. The van der Waals surface area contributed by atoms with Crippen LogP contribution in [0.4, 0.5) is 0 Å². The molecule has 2 aliphatic rings. The molecule has 0 amide bonds. The first-order valence-electron chi connectivity index (χ1n) is 10.1. The molecular weight excluding hydrogens is 342 g/mol. The summed E-state index contributed by atoms with van der Waals surface area (Å²) in [5, 5.41) is 17.9. The van der Waals surface area contributed by atoms with Gasteiger partial charge in [-0.25, -0.2) is 4.99 Å². The maximum absolute atomic E-state index is 10.9. The highest BCUT2D eigenvalue weighted by molar-refractivity contribution is 5.80. The molecule has 27 heavy (non-hydrogen) atoms. The van der Waals surface area contributed by atoms with Crippen LogP contribution in [0, 0.1) is 25.2 Å². The molecule has 6 nitrogen and oxygen atoms in total. The van der Waals surface area contributed by atoms with E-state index in [-0.39, 0.29) is 12.0 Å². The third kappa shape index (κ3) is 3.87. The molecule has 2 heterocycles. The van der Waals surface area contributed by atoms with Gasteiger partial charge in [0.15, 0.2) is 5.96 Å². The predicted octanol–water partition coefficient (Wildman–Crippen LogP) is 2.86. The molecule has 1 saturated carbocycles. The van der Waals surface area contributed by atoms with E-state index in [0.717, 1.165) is 42.6 Å². The summed E-state index contributed by atoms with van der Waals surface area (Å²) < 4.78 is 11.6. The zero-order chi connectivity index (χ0) is 19.8. The van der Waals surface area contributed by atoms with Crippen LogP contribution in [-0.4, -0.2) is 42.9 Å². The smallest absolute Gasteiger partial charge is 0.191 e. The molecule has 0 aromatic carbocycles. The normalized spacial score (nSPS) is 29.4. The van der Waals surface area contributed by atoms with E-state index in [4.69, 9.17) is 14.1 Å². The Bertz CT molecular complexity index is 693. The van der Waals surface area contributed by atoms with Gasteiger partial charge in [-0.3, -0.25) is 0 Å². The van der Waals surface area contributed by atoms with Crippen LogP contribution in [0.2, 0.25) is 0 Å². The second kappa shape index (κ2) is 7.47. The molecule has 3 N–H and O–H groups in total. The van der Waals surface area contributed by atoms with Crippen molar-refractivity contribution in [2.75, 3.05) is 19.7 Å². The summed E-state index contributed by atoms with van der Waals surface area (Å²) in [5.41, 5.74) is -0.206. The zero-order valence-electron chi connectivity index (χ0n) is 17.6. The highest BCUT2D eigenvalue weighted by Crippen LogP contribution is 2.51. The lowest BCUT2D eigenvalue weighted by Gasteiger charge is -2.60. The number of ether oxygens (including phenoxy) is 1. The van der Waals surface area contributed by atoms with Gasteiger partial charge >= 0.3 is 0 Å². The van der Waals surface area contributed by atoms with Crippen LogP contribution in [0.15, 0.2) is 15.5 Å². The van der Waals surface area contributed by atoms with Crippen LogP contribution < -0.4 is 10.6 Å². The fourth-order valence-electron chi connectivity index (χ4n) is 4.77. The Hall–Kier alpha value is -1.53. The van der Waals surface area contributed by atoms with Crippen LogP contribution >= 0.6 is 0 Å². The van der Waals surface area contributed by atoms with E-state index in [9.17, 15) is 5.11 Å². The second-order valence-electron chi connectivity index (χ2n) is 8.84. The Morgan fingerprint density at radius 2 is 2.15 bits per heavy atom. The molecule has 1 aliphatic heterocycles. The zero-order valence-corrected chi connectivity index (χ0v) is 17.6. The number of hydrogen-bond donors (Lipinski definition) is 3. The molecule has 4 unspecified atom stereocenters. The quantitative estimate of drug-likeness (QED) is 0.543. The van der Waals surface area contributed by atoms with E-state index >= 15 is 0 Å². The molecule has 6 heteroatoms. The number of fused-ring (bicyclic) bond motifs is 1. The molecule has 3 rings (SSSR count). The van der Waals surface area contributed by atoms with Crippen LogP contribution in [0.25, 0.3) is 0 Å². The first-order valence-corrected chi connectivity index (χ1v) is 10.1. The molecule has 0 spiro atoms. The Morgan fingerprint density at radius 3 is 2.78 bits per heavy atom. The molecule has 0 bridgehead atoms. The van der Waals surface area contributed by atoms with Gasteiger partial charge in [0.2, 0.25) is 0 Å². The van der Waals surface area contributed by atoms with Crippen molar-refractivity contribution in [3.8, 4) is 0 Å². The van der Waals surface area contributed by atoms with Crippen LogP contribution in [0.1, 0.15) is 57.6 Å². The van der Waals surface area contributed by atoms with Crippen molar-refractivity contribution < 1.29 is 14.3 Å². The molecule has 1 aromatic heterocycles. The van der Waals surface area contributed by atoms with E-state index in [0.29, 0.717) is 18.1 Å². The third-order valence-electron chi connectivity index (χ3n) is 6.13. The SMILES string of the molecule is CCNC(=NCC(C)(O)c1cc(C)oc1C)NC1C2CCCOC2C1(C)C. The lowest BCUT2D eigenvalue weighted by atomic mass is 9.55. The van der Waals surface area contributed by atoms with Crippen LogP contribution in [0.3, 0.4) is 0 Å². The number of nitrogens with zero attached hydrogens (tertiary/aromatic N) is 1. The summed E-state index contributed by atoms with van der Waals surface area (Å²) in [7, 11) is 0. The van der Waals surface area contributed by atoms with Gasteiger partial charge in [-0.2, -0.15) is 0 Å².